The second-order valence-electron chi connectivity index (χ2n) is 4.35. The van der Waals surface area contributed by atoms with Crippen LogP contribution < -0.4 is 10.1 Å². The normalized spacial score (nSPS) is 21.8. The van der Waals surface area contributed by atoms with Crippen molar-refractivity contribution < 1.29 is 13.2 Å². The van der Waals surface area contributed by atoms with E-state index in [9.17, 15) is 8.42 Å². The molecule has 0 bridgehead atoms. The van der Waals surface area contributed by atoms with Crippen molar-refractivity contribution >= 4 is 15.8 Å². The molecule has 1 aliphatic heterocycles. The Balaban J connectivity index is 2.09. The van der Waals surface area contributed by atoms with Crippen LogP contribution in [0.1, 0.15) is 19.0 Å². The van der Waals surface area contributed by atoms with Crippen LogP contribution in [0.4, 0.5) is 5.95 Å². The van der Waals surface area contributed by atoms with Crippen LogP contribution in [-0.2, 0) is 9.84 Å². The Morgan fingerprint density at radius 1 is 1.50 bits per heavy atom. The van der Waals surface area contributed by atoms with Crippen LogP contribution in [-0.4, -0.2) is 42.5 Å². The summed E-state index contributed by atoms with van der Waals surface area (Å²) in [6, 6.07) is 1.64. The van der Waals surface area contributed by atoms with Gasteiger partial charge < -0.3 is 10.1 Å². The highest BCUT2D eigenvalue weighted by Gasteiger charge is 2.28. The first-order chi connectivity index (χ1) is 8.48. The Morgan fingerprint density at radius 3 is 2.89 bits per heavy atom. The predicted octanol–water partition coefficient (Wildman–Crippen LogP) is 0.783. The number of nitrogens with zero attached hydrogens (tertiary/aromatic N) is 2. The summed E-state index contributed by atoms with van der Waals surface area (Å²) < 4.78 is 28.0. The summed E-state index contributed by atoms with van der Waals surface area (Å²) in [6.45, 7) is 4.27. The van der Waals surface area contributed by atoms with E-state index in [1.165, 1.54) is 0 Å². The number of rotatable bonds is 4. The minimum atomic E-state index is -2.90. The molecule has 1 N–H and O–H groups in total. The van der Waals surface area contributed by atoms with Gasteiger partial charge in [0.2, 0.25) is 11.8 Å². The fourth-order valence-electron chi connectivity index (χ4n) is 1.92. The Morgan fingerprint density at radius 2 is 2.28 bits per heavy atom. The third kappa shape index (κ3) is 3.32. The van der Waals surface area contributed by atoms with Gasteiger partial charge in [-0.15, -0.1) is 0 Å². The molecule has 2 heterocycles. The second-order valence-corrected chi connectivity index (χ2v) is 6.58. The quantitative estimate of drug-likeness (QED) is 0.871. The predicted molar refractivity (Wildman–Crippen MR) is 68.6 cm³/mol. The number of ether oxygens (including phenoxy) is 1. The lowest BCUT2D eigenvalue weighted by Gasteiger charge is -2.12. The number of nitrogens with one attached hydrogen (secondary N) is 1. The van der Waals surface area contributed by atoms with Gasteiger partial charge >= 0.3 is 0 Å². The van der Waals surface area contributed by atoms with Crippen molar-refractivity contribution in [2.24, 2.45) is 0 Å². The van der Waals surface area contributed by atoms with E-state index in [0.717, 1.165) is 5.69 Å². The zero-order valence-electron chi connectivity index (χ0n) is 10.5. The molecule has 0 aliphatic carbocycles. The van der Waals surface area contributed by atoms with Gasteiger partial charge in [0, 0.05) is 17.8 Å². The number of hydrogen-bond donors (Lipinski definition) is 1. The van der Waals surface area contributed by atoms with Gasteiger partial charge in [-0.25, -0.2) is 13.4 Å². The standard InChI is InChI=1S/C11H17N3O3S/c1-3-17-10-6-8(2)12-11(14-10)13-9-4-5-18(15,16)7-9/h6,9H,3-5,7H2,1-2H3,(H,12,13,14). The third-order valence-electron chi connectivity index (χ3n) is 2.69. The monoisotopic (exact) mass is 271 g/mol. The molecule has 1 aliphatic rings. The molecule has 7 heteroatoms. The highest BCUT2D eigenvalue weighted by molar-refractivity contribution is 7.91. The summed E-state index contributed by atoms with van der Waals surface area (Å²) >= 11 is 0. The molecule has 0 aromatic carbocycles. The fraction of sp³-hybridized carbons (Fsp3) is 0.636. The van der Waals surface area contributed by atoms with E-state index in [0.29, 0.717) is 24.9 Å². The first-order valence-corrected chi connectivity index (χ1v) is 7.76. The van der Waals surface area contributed by atoms with Crippen molar-refractivity contribution in [2.45, 2.75) is 26.3 Å². The molecule has 6 nitrogen and oxygen atoms in total. The topological polar surface area (TPSA) is 81.2 Å². The molecule has 0 saturated carbocycles. The lowest BCUT2D eigenvalue weighted by Crippen LogP contribution is -2.22. The van der Waals surface area contributed by atoms with E-state index >= 15 is 0 Å². The van der Waals surface area contributed by atoms with Crippen molar-refractivity contribution in [3.05, 3.63) is 11.8 Å². The highest BCUT2D eigenvalue weighted by atomic mass is 32.2. The number of aromatic nitrogens is 2. The smallest absolute Gasteiger partial charge is 0.226 e. The van der Waals surface area contributed by atoms with Crippen LogP contribution in [0.5, 0.6) is 5.88 Å². The molecule has 1 saturated heterocycles. The van der Waals surface area contributed by atoms with Crippen molar-refractivity contribution in [1.82, 2.24) is 9.97 Å². The van der Waals surface area contributed by atoms with Crippen LogP contribution in [0.3, 0.4) is 0 Å². The van der Waals surface area contributed by atoms with Crippen LogP contribution in [0.15, 0.2) is 6.07 Å². The molecule has 2 rings (SSSR count). The molecule has 0 spiro atoms. The number of aryl methyl sites for hydroxylation is 1. The Kier molecular flexibility index (Phi) is 3.70. The van der Waals surface area contributed by atoms with Crippen molar-refractivity contribution in [3.63, 3.8) is 0 Å². The Hall–Kier alpha value is -1.37. The van der Waals surface area contributed by atoms with Crippen molar-refractivity contribution in [1.29, 1.82) is 0 Å². The number of hydrogen-bond acceptors (Lipinski definition) is 6. The van der Waals surface area contributed by atoms with Gasteiger partial charge in [-0.1, -0.05) is 0 Å². The van der Waals surface area contributed by atoms with E-state index in [4.69, 9.17) is 4.74 Å². The third-order valence-corrected chi connectivity index (χ3v) is 4.46. The van der Waals surface area contributed by atoms with Gasteiger partial charge in [0.05, 0.1) is 18.1 Å². The van der Waals surface area contributed by atoms with Crippen LogP contribution >= 0.6 is 0 Å². The summed E-state index contributed by atoms with van der Waals surface area (Å²) in [5.74, 6) is 1.32. The summed E-state index contributed by atoms with van der Waals surface area (Å²) in [5.41, 5.74) is 0.789. The van der Waals surface area contributed by atoms with Gasteiger partial charge in [0.1, 0.15) is 0 Å². The molecule has 1 fully saturated rings. The molecule has 1 aromatic heterocycles. The average molecular weight is 271 g/mol. The Labute approximate surface area is 107 Å². The SMILES string of the molecule is CCOc1cc(C)nc(NC2CCS(=O)(=O)C2)n1. The summed E-state index contributed by atoms with van der Waals surface area (Å²) in [4.78, 5) is 8.43. The molecule has 1 unspecified atom stereocenters. The summed E-state index contributed by atoms with van der Waals surface area (Å²) in [6.07, 6.45) is 0.601. The van der Waals surface area contributed by atoms with Crippen molar-refractivity contribution in [3.8, 4) is 5.88 Å². The van der Waals surface area contributed by atoms with E-state index in [-0.39, 0.29) is 17.5 Å². The Bertz CT molecular complexity index is 530. The van der Waals surface area contributed by atoms with E-state index in [1.807, 2.05) is 13.8 Å². The maximum absolute atomic E-state index is 11.4. The minimum absolute atomic E-state index is 0.105. The second kappa shape index (κ2) is 5.09. The minimum Gasteiger partial charge on any atom is -0.478 e. The first kappa shape index (κ1) is 13.1. The lowest BCUT2D eigenvalue weighted by molar-refractivity contribution is 0.326. The van der Waals surface area contributed by atoms with Gasteiger partial charge in [-0.2, -0.15) is 4.98 Å². The van der Waals surface area contributed by atoms with E-state index in [2.05, 4.69) is 15.3 Å². The maximum atomic E-state index is 11.4. The number of sulfone groups is 1. The zero-order chi connectivity index (χ0) is 13.2. The van der Waals surface area contributed by atoms with Crippen molar-refractivity contribution in [2.75, 3.05) is 23.4 Å². The van der Waals surface area contributed by atoms with Crippen LogP contribution in [0.2, 0.25) is 0 Å². The fourth-order valence-corrected chi connectivity index (χ4v) is 3.59. The molecular formula is C11H17N3O3S. The lowest BCUT2D eigenvalue weighted by atomic mass is 10.3. The first-order valence-electron chi connectivity index (χ1n) is 5.94. The highest BCUT2D eigenvalue weighted by Crippen LogP contribution is 2.17. The largest absolute Gasteiger partial charge is 0.478 e. The van der Waals surface area contributed by atoms with Gasteiger partial charge in [0.15, 0.2) is 9.84 Å². The molecular weight excluding hydrogens is 254 g/mol. The summed E-state index contributed by atoms with van der Waals surface area (Å²) in [7, 11) is -2.90. The van der Waals surface area contributed by atoms with Gasteiger partial charge in [-0.3, -0.25) is 0 Å². The molecule has 1 atom stereocenters. The average Bonchev–Trinajstić information content (AvgIpc) is 2.57. The summed E-state index contributed by atoms with van der Waals surface area (Å²) in [5, 5.41) is 3.05. The van der Waals surface area contributed by atoms with E-state index < -0.39 is 9.84 Å². The molecule has 18 heavy (non-hydrogen) atoms. The molecule has 100 valence electrons. The zero-order valence-corrected chi connectivity index (χ0v) is 11.3. The molecule has 1 aromatic rings. The van der Waals surface area contributed by atoms with Crippen LogP contribution in [0.25, 0.3) is 0 Å². The molecule has 0 amide bonds. The van der Waals surface area contributed by atoms with E-state index in [1.54, 1.807) is 6.07 Å². The molecule has 0 radical (unpaired) electrons. The maximum Gasteiger partial charge on any atom is 0.226 e. The number of anilines is 1. The van der Waals surface area contributed by atoms with Gasteiger partial charge in [0.25, 0.3) is 0 Å². The van der Waals surface area contributed by atoms with Gasteiger partial charge in [-0.05, 0) is 20.3 Å². The van der Waals surface area contributed by atoms with Crippen LogP contribution in [0, 0.1) is 6.92 Å².